The number of nitrogens with zero attached hydrogens (tertiary/aromatic N) is 2. The summed E-state index contributed by atoms with van der Waals surface area (Å²) in [5.41, 5.74) is 4.95. The Balaban J connectivity index is 2.42. The molecule has 3 atom stereocenters. The van der Waals surface area contributed by atoms with Crippen LogP contribution in [0.5, 0.6) is 0 Å². The average molecular weight is 284 g/mol. The minimum Gasteiger partial charge on any atom is -0.368 e. The van der Waals surface area contributed by atoms with E-state index in [1.165, 1.54) is 0 Å². The molecule has 0 radical (unpaired) electrons. The zero-order valence-electron chi connectivity index (χ0n) is 13.8. The van der Waals surface area contributed by atoms with Crippen LogP contribution in [0.15, 0.2) is 0 Å². The number of nitrogens with two attached hydrogens (primary N) is 1. The van der Waals surface area contributed by atoms with Crippen molar-refractivity contribution in [2.24, 2.45) is 5.73 Å². The molecule has 118 valence electrons. The number of rotatable bonds is 7. The van der Waals surface area contributed by atoms with Crippen LogP contribution in [0, 0.1) is 0 Å². The highest BCUT2D eigenvalue weighted by Gasteiger charge is 2.30. The lowest BCUT2D eigenvalue weighted by Crippen LogP contribution is -2.56. The minimum absolute atomic E-state index is 0.250. The van der Waals surface area contributed by atoms with Gasteiger partial charge in [0.15, 0.2) is 0 Å². The molecule has 0 aromatic carbocycles. The Kier molecular flexibility index (Phi) is 6.43. The van der Waals surface area contributed by atoms with E-state index in [-0.39, 0.29) is 5.91 Å². The van der Waals surface area contributed by atoms with Crippen LogP contribution in [-0.4, -0.2) is 66.6 Å². The van der Waals surface area contributed by atoms with Crippen molar-refractivity contribution in [3.63, 3.8) is 0 Å². The monoisotopic (exact) mass is 284 g/mol. The normalized spacial score (nSPS) is 28.2. The number of hydrogen-bond acceptors (Lipinski definition) is 4. The maximum Gasteiger partial charge on any atom is 0.237 e. The molecule has 1 fully saturated rings. The number of nitrogens with one attached hydrogen (secondary N) is 1. The molecule has 3 unspecified atom stereocenters. The van der Waals surface area contributed by atoms with Gasteiger partial charge in [-0.1, -0.05) is 6.92 Å². The summed E-state index contributed by atoms with van der Waals surface area (Å²) in [4.78, 5) is 16.5. The lowest BCUT2D eigenvalue weighted by molar-refractivity contribution is -0.124. The van der Waals surface area contributed by atoms with E-state index < -0.39 is 5.54 Å². The zero-order valence-corrected chi connectivity index (χ0v) is 13.8. The molecule has 1 rings (SSSR count). The van der Waals surface area contributed by atoms with E-state index in [9.17, 15) is 4.79 Å². The summed E-state index contributed by atoms with van der Waals surface area (Å²) in [5, 5.41) is 3.22. The predicted molar refractivity (Wildman–Crippen MR) is 83.6 cm³/mol. The number of likely N-dealkylation sites (N-methyl/N-ethyl adjacent to an activating group) is 2. The highest BCUT2D eigenvalue weighted by atomic mass is 16.1. The molecule has 1 aliphatic rings. The van der Waals surface area contributed by atoms with Gasteiger partial charge in [0.05, 0.1) is 5.54 Å². The summed E-state index contributed by atoms with van der Waals surface area (Å²) in [6.45, 7) is 12.5. The lowest BCUT2D eigenvalue weighted by Gasteiger charge is -2.42. The van der Waals surface area contributed by atoms with Crippen molar-refractivity contribution in [1.82, 2.24) is 15.1 Å². The fraction of sp³-hybridized carbons (Fsp3) is 0.933. The van der Waals surface area contributed by atoms with Crippen LogP contribution in [0.1, 0.15) is 40.5 Å². The van der Waals surface area contributed by atoms with Crippen LogP contribution >= 0.6 is 0 Å². The van der Waals surface area contributed by atoms with E-state index in [2.05, 4.69) is 36.0 Å². The molecule has 20 heavy (non-hydrogen) atoms. The fourth-order valence-corrected chi connectivity index (χ4v) is 3.04. The van der Waals surface area contributed by atoms with E-state index in [0.717, 1.165) is 39.0 Å². The van der Waals surface area contributed by atoms with Gasteiger partial charge < -0.3 is 16.0 Å². The lowest BCUT2D eigenvalue weighted by atomic mass is 9.94. The van der Waals surface area contributed by atoms with E-state index in [1.807, 2.05) is 13.8 Å². The number of amides is 1. The second kappa shape index (κ2) is 7.38. The first-order valence-electron chi connectivity index (χ1n) is 7.79. The van der Waals surface area contributed by atoms with Gasteiger partial charge in [0.25, 0.3) is 0 Å². The molecule has 5 nitrogen and oxygen atoms in total. The predicted octanol–water partition coefficient (Wildman–Crippen LogP) is 0.645. The Hall–Kier alpha value is -0.650. The SMILES string of the molecule is CCNC(C)(CCCN1CC(C)N(C)C(C)C1)C(N)=O. The molecule has 0 aromatic heterocycles. The molecule has 1 heterocycles. The van der Waals surface area contributed by atoms with Crippen LogP contribution < -0.4 is 11.1 Å². The third-order valence-electron chi connectivity index (χ3n) is 4.70. The summed E-state index contributed by atoms with van der Waals surface area (Å²) in [7, 11) is 2.20. The molecule has 0 aromatic rings. The van der Waals surface area contributed by atoms with Crippen molar-refractivity contribution in [2.75, 3.05) is 33.2 Å². The van der Waals surface area contributed by atoms with Crippen LogP contribution in [0.25, 0.3) is 0 Å². The molecular formula is C15H32N4O. The first-order chi connectivity index (χ1) is 9.30. The molecule has 1 amide bonds. The van der Waals surface area contributed by atoms with E-state index in [4.69, 9.17) is 5.73 Å². The van der Waals surface area contributed by atoms with Crippen molar-refractivity contribution in [3.05, 3.63) is 0 Å². The molecule has 3 N–H and O–H groups in total. The Bertz CT molecular complexity index is 311. The first-order valence-corrected chi connectivity index (χ1v) is 7.79. The molecule has 0 aliphatic carbocycles. The topological polar surface area (TPSA) is 61.6 Å². The second-order valence-corrected chi connectivity index (χ2v) is 6.45. The Morgan fingerprint density at radius 1 is 1.35 bits per heavy atom. The number of piperazine rings is 1. The van der Waals surface area contributed by atoms with Crippen molar-refractivity contribution in [2.45, 2.75) is 58.2 Å². The highest BCUT2D eigenvalue weighted by molar-refractivity contribution is 5.84. The minimum atomic E-state index is -0.571. The molecule has 0 saturated carbocycles. The van der Waals surface area contributed by atoms with E-state index in [0.29, 0.717) is 12.1 Å². The maximum absolute atomic E-state index is 11.6. The van der Waals surface area contributed by atoms with Gasteiger partial charge in [-0.2, -0.15) is 0 Å². The van der Waals surface area contributed by atoms with Gasteiger partial charge in [-0.25, -0.2) is 0 Å². The largest absolute Gasteiger partial charge is 0.368 e. The molecular weight excluding hydrogens is 252 g/mol. The Labute approximate surface area is 123 Å². The fourth-order valence-electron chi connectivity index (χ4n) is 3.04. The summed E-state index contributed by atoms with van der Waals surface area (Å²) < 4.78 is 0. The van der Waals surface area contributed by atoms with Crippen LogP contribution in [0.3, 0.4) is 0 Å². The molecule has 0 spiro atoms. The summed E-state index contributed by atoms with van der Waals surface area (Å²) in [5.74, 6) is -0.250. The molecule has 1 saturated heterocycles. The highest BCUT2D eigenvalue weighted by Crippen LogP contribution is 2.16. The van der Waals surface area contributed by atoms with Gasteiger partial charge in [-0.05, 0) is 53.8 Å². The summed E-state index contributed by atoms with van der Waals surface area (Å²) in [6.07, 6.45) is 1.79. The van der Waals surface area contributed by atoms with Gasteiger partial charge in [-0.3, -0.25) is 9.69 Å². The Morgan fingerprint density at radius 3 is 2.35 bits per heavy atom. The molecule has 5 heteroatoms. The first kappa shape index (κ1) is 17.4. The number of primary amides is 1. The van der Waals surface area contributed by atoms with Gasteiger partial charge >= 0.3 is 0 Å². The molecule has 1 aliphatic heterocycles. The Morgan fingerprint density at radius 2 is 1.90 bits per heavy atom. The van der Waals surface area contributed by atoms with Crippen LogP contribution in [0.4, 0.5) is 0 Å². The third-order valence-corrected chi connectivity index (χ3v) is 4.70. The zero-order chi connectivity index (χ0) is 15.3. The van der Waals surface area contributed by atoms with Crippen molar-refractivity contribution in [3.8, 4) is 0 Å². The van der Waals surface area contributed by atoms with Crippen molar-refractivity contribution in [1.29, 1.82) is 0 Å². The smallest absolute Gasteiger partial charge is 0.237 e. The average Bonchev–Trinajstić information content (AvgIpc) is 2.36. The van der Waals surface area contributed by atoms with E-state index >= 15 is 0 Å². The summed E-state index contributed by atoms with van der Waals surface area (Å²) in [6, 6.07) is 1.19. The van der Waals surface area contributed by atoms with Gasteiger partial charge in [0, 0.05) is 25.2 Å². The molecule has 0 bridgehead atoms. The maximum atomic E-state index is 11.6. The third kappa shape index (κ3) is 4.43. The van der Waals surface area contributed by atoms with Gasteiger partial charge in [0.1, 0.15) is 0 Å². The van der Waals surface area contributed by atoms with Crippen molar-refractivity contribution < 1.29 is 4.79 Å². The number of carbonyl (C=O) groups excluding carboxylic acids is 1. The van der Waals surface area contributed by atoms with Gasteiger partial charge in [-0.15, -0.1) is 0 Å². The summed E-state index contributed by atoms with van der Waals surface area (Å²) >= 11 is 0. The van der Waals surface area contributed by atoms with E-state index in [1.54, 1.807) is 0 Å². The quantitative estimate of drug-likeness (QED) is 0.720. The van der Waals surface area contributed by atoms with Crippen LogP contribution in [0.2, 0.25) is 0 Å². The number of hydrogen-bond donors (Lipinski definition) is 2. The second-order valence-electron chi connectivity index (χ2n) is 6.45. The van der Waals surface area contributed by atoms with Gasteiger partial charge in [0.2, 0.25) is 5.91 Å². The standard InChI is InChI=1S/C15H32N4O/c1-6-17-15(4,14(16)20)8-7-9-19-10-12(2)18(5)13(3)11-19/h12-13,17H,6-11H2,1-5H3,(H2,16,20). The number of carbonyl (C=O) groups is 1. The van der Waals surface area contributed by atoms with Crippen molar-refractivity contribution >= 4 is 5.91 Å². The van der Waals surface area contributed by atoms with Crippen LogP contribution in [-0.2, 0) is 4.79 Å².